The highest BCUT2D eigenvalue weighted by molar-refractivity contribution is 9.10. The predicted molar refractivity (Wildman–Crippen MR) is 114 cm³/mol. The van der Waals surface area contributed by atoms with Crippen LogP contribution in [-0.4, -0.2) is 55.2 Å². The van der Waals surface area contributed by atoms with Crippen LogP contribution >= 0.6 is 39.7 Å². The molecule has 1 aromatic heterocycles. The minimum atomic E-state index is 0. The number of anilines is 1. The quantitative estimate of drug-likeness (QED) is 0.614. The van der Waals surface area contributed by atoms with Crippen molar-refractivity contribution >= 4 is 60.9 Å². The van der Waals surface area contributed by atoms with Gasteiger partial charge in [-0.15, -0.1) is 12.4 Å². The SMILES string of the molecule is CCCC(=O)N(CCCN1CCOCC1)c1nc2ccc(Br)cc2s1.Cl. The lowest BCUT2D eigenvalue weighted by atomic mass is 10.2. The second kappa shape index (κ2) is 10.6. The molecule has 0 N–H and O–H groups in total. The smallest absolute Gasteiger partial charge is 0.228 e. The topological polar surface area (TPSA) is 45.7 Å². The van der Waals surface area contributed by atoms with Gasteiger partial charge in [-0.3, -0.25) is 14.6 Å². The van der Waals surface area contributed by atoms with Crippen molar-refractivity contribution < 1.29 is 9.53 Å². The van der Waals surface area contributed by atoms with Gasteiger partial charge in [-0.25, -0.2) is 4.98 Å². The van der Waals surface area contributed by atoms with Crippen LogP contribution in [-0.2, 0) is 9.53 Å². The Labute approximate surface area is 173 Å². The van der Waals surface area contributed by atoms with E-state index in [4.69, 9.17) is 9.72 Å². The Morgan fingerprint density at radius 2 is 2.15 bits per heavy atom. The minimum absolute atomic E-state index is 0. The van der Waals surface area contributed by atoms with E-state index >= 15 is 0 Å². The van der Waals surface area contributed by atoms with Gasteiger partial charge in [0, 0.05) is 37.1 Å². The summed E-state index contributed by atoms with van der Waals surface area (Å²) in [5.41, 5.74) is 0.950. The van der Waals surface area contributed by atoms with Gasteiger partial charge in [0.15, 0.2) is 5.13 Å². The zero-order valence-corrected chi connectivity index (χ0v) is 18.2. The zero-order chi connectivity index (χ0) is 17.6. The average Bonchev–Trinajstić information content (AvgIpc) is 3.02. The first-order valence-corrected chi connectivity index (χ1v) is 10.4. The van der Waals surface area contributed by atoms with Crippen molar-refractivity contribution in [3.05, 3.63) is 22.7 Å². The molecule has 1 aliphatic rings. The maximum atomic E-state index is 12.6. The molecule has 0 atom stereocenters. The van der Waals surface area contributed by atoms with E-state index in [9.17, 15) is 4.79 Å². The number of morpholine rings is 1. The molecule has 1 aliphatic heterocycles. The molecule has 26 heavy (non-hydrogen) atoms. The third-order valence-corrected chi connectivity index (χ3v) is 5.83. The van der Waals surface area contributed by atoms with Crippen molar-refractivity contribution in [2.24, 2.45) is 0 Å². The molecule has 2 heterocycles. The molecule has 8 heteroatoms. The Kier molecular flexibility index (Phi) is 8.76. The second-order valence-corrected chi connectivity index (χ2v) is 8.14. The van der Waals surface area contributed by atoms with E-state index in [0.717, 1.165) is 72.1 Å². The highest BCUT2D eigenvalue weighted by Crippen LogP contribution is 2.31. The van der Waals surface area contributed by atoms with Crippen molar-refractivity contribution in [2.45, 2.75) is 26.2 Å². The van der Waals surface area contributed by atoms with Gasteiger partial charge in [0.2, 0.25) is 5.91 Å². The predicted octanol–water partition coefficient (Wildman–Crippen LogP) is 4.34. The summed E-state index contributed by atoms with van der Waals surface area (Å²) < 4.78 is 7.53. The number of benzene rings is 1. The van der Waals surface area contributed by atoms with Gasteiger partial charge in [0.25, 0.3) is 0 Å². The van der Waals surface area contributed by atoms with Crippen LogP contribution in [0.3, 0.4) is 0 Å². The van der Waals surface area contributed by atoms with Gasteiger partial charge in [-0.05, 0) is 31.0 Å². The summed E-state index contributed by atoms with van der Waals surface area (Å²) in [6.07, 6.45) is 2.38. The van der Waals surface area contributed by atoms with Gasteiger partial charge >= 0.3 is 0 Å². The third kappa shape index (κ3) is 5.63. The molecule has 0 bridgehead atoms. The molecule has 1 fully saturated rings. The van der Waals surface area contributed by atoms with Crippen molar-refractivity contribution in [3.63, 3.8) is 0 Å². The van der Waals surface area contributed by atoms with Gasteiger partial charge < -0.3 is 4.74 Å². The summed E-state index contributed by atoms with van der Waals surface area (Å²) >= 11 is 5.09. The van der Waals surface area contributed by atoms with Gasteiger partial charge in [-0.2, -0.15) is 0 Å². The van der Waals surface area contributed by atoms with E-state index in [1.54, 1.807) is 11.3 Å². The van der Waals surface area contributed by atoms with E-state index in [1.165, 1.54) is 0 Å². The molecule has 3 rings (SSSR count). The molecule has 0 saturated carbocycles. The molecule has 144 valence electrons. The summed E-state index contributed by atoms with van der Waals surface area (Å²) in [5, 5.41) is 0.813. The van der Waals surface area contributed by atoms with Crippen LogP contribution in [0.5, 0.6) is 0 Å². The van der Waals surface area contributed by atoms with Crippen LogP contribution in [0.2, 0.25) is 0 Å². The number of fused-ring (bicyclic) bond motifs is 1. The maximum Gasteiger partial charge on any atom is 0.228 e. The molecular weight excluding hydrogens is 438 g/mol. The standard InChI is InChI=1S/C18H24BrN3O2S.ClH/c1-2-4-17(23)22(8-3-7-21-9-11-24-12-10-21)18-20-15-6-5-14(19)13-16(15)25-18;/h5-6,13H,2-4,7-12H2,1H3;1H. The first kappa shape index (κ1) is 21.6. The molecular formula is C18H25BrClN3O2S. The summed E-state index contributed by atoms with van der Waals surface area (Å²) in [6, 6.07) is 6.05. The van der Waals surface area contributed by atoms with E-state index in [1.807, 2.05) is 24.0 Å². The van der Waals surface area contributed by atoms with Crippen molar-refractivity contribution in [1.82, 2.24) is 9.88 Å². The number of ether oxygens (including phenoxy) is 1. The number of carbonyl (C=O) groups excluding carboxylic acids is 1. The van der Waals surface area contributed by atoms with Crippen molar-refractivity contribution in [1.29, 1.82) is 0 Å². The number of nitrogens with zero attached hydrogens (tertiary/aromatic N) is 3. The fourth-order valence-electron chi connectivity index (χ4n) is 2.95. The van der Waals surface area contributed by atoms with Gasteiger partial charge in [0.05, 0.1) is 23.4 Å². The minimum Gasteiger partial charge on any atom is -0.379 e. The Hall–Kier alpha value is -0.730. The molecule has 2 aromatic rings. The summed E-state index contributed by atoms with van der Waals surface area (Å²) in [7, 11) is 0. The Balaban J connectivity index is 0.00000243. The van der Waals surface area contributed by atoms with E-state index in [2.05, 4.69) is 26.9 Å². The van der Waals surface area contributed by atoms with E-state index < -0.39 is 0 Å². The van der Waals surface area contributed by atoms with Crippen LogP contribution in [0.4, 0.5) is 5.13 Å². The van der Waals surface area contributed by atoms with Crippen molar-refractivity contribution in [2.75, 3.05) is 44.3 Å². The van der Waals surface area contributed by atoms with Crippen LogP contribution in [0.1, 0.15) is 26.2 Å². The van der Waals surface area contributed by atoms with Crippen LogP contribution in [0, 0.1) is 0 Å². The van der Waals surface area contributed by atoms with E-state index in [-0.39, 0.29) is 18.3 Å². The summed E-state index contributed by atoms with van der Waals surface area (Å²) in [5.74, 6) is 0.169. The summed E-state index contributed by atoms with van der Waals surface area (Å²) in [4.78, 5) is 21.6. The highest BCUT2D eigenvalue weighted by atomic mass is 79.9. The van der Waals surface area contributed by atoms with Crippen LogP contribution in [0.15, 0.2) is 22.7 Å². The third-order valence-electron chi connectivity index (χ3n) is 4.29. The lowest BCUT2D eigenvalue weighted by Crippen LogP contribution is -2.39. The van der Waals surface area contributed by atoms with Crippen LogP contribution < -0.4 is 4.90 Å². The van der Waals surface area contributed by atoms with Gasteiger partial charge in [-0.1, -0.05) is 34.2 Å². The monoisotopic (exact) mass is 461 g/mol. The largest absolute Gasteiger partial charge is 0.379 e. The number of hydrogen-bond donors (Lipinski definition) is 0. The molecule has 0 unspecified atom stereocenters. The van der Waals surface area contributed by atoms with E-state index in [0.29, 0.717) is 6.42 Å². The van der Waals surface area contributed by atoms with Crippen molar-refractivity contribution in [3.8, 4) is 0 Å². The molecule has 1 saturated heterocycles. The molecule has 0 radical (unpaired) electrons. The summed E-state index contributed by atoms with van der Waals surface area (Å²) in [6.45, 7) is 7.35. The number of amides is 1. The zero-order valence-electron chi connectivity index (χ0n) is 14.9. The number of hydrogen-bond acceptors (Lipinski definition) is 5. The number of rotatable bonds is 7. The molecule has 1 aromatic carbocycles. The molecule has 0 aliphatic carbocycles. The maximum absolute atomic E-state index is 12.6. The lowest BCUT2D eigenvalue weighted by Gasteiger charge is -2.27. The molecule has 1 amide bonds. The fraction of sp³-hybridized carbons (Fsp3) is 0.556. The average molecular weight is 463 g/mol. The molecule has 5 nitrogen and oxygen atoms in total. The second-order valence-electron chi connectivity index (χ2n) is 6.21. The lowest BCUT2D eigenvalue weighted by molar-refractivity contribution is -0.118. The number of carbonyl (C=O) groups is 1. The molecule has 0 spiro atoms. The fourth-order valence-corrected chi connectivity index (χ4v) is 4.52. The Bertz CT molecular complexity index is 722. The number of halogens is 2. The normalized spacial score (nSPS) is 15.0. The first-order valence-electron chi connectivity index (χ1n) is 8.84. The number of thiazole rings is 1. The Morgan fingerprint density at radius 3 is 2.88 bits per heavy atom. The highest BCUT2D eigenvalue weighted by Gasteiger charge is 2.19. The first-order chi connectivity index (χ1) is 12.2. The van der Waals surface area contributed by atoms with Gasteiger partial charge in [0.1, 0.15) is 0 Å². The Morgan fingerprint density at radius 1 is 1.38 bits per heavy atom. The van der Waals surface area contributed by atoms with Crippen LogP contribution in [0.25, 0.3) is 10.2 Å². The number of aromatic nitrogens is 1.